The molecule has 1 heterocycles. The number of benzene rings is 1. The van der Waals surface area contributed by atoms with Crippen LogP contribution in [0.5, 0.6) is 0 Å². The maximum Gasteiger partial charge on any atom is 0.341 e. The first kappa shape index (κ1) is 11.1. The van der Waals surface area contributed by atoms with E-state index >= 15 is 0 Å². The molecule has 0 bridgehead atoms. The van der Waals surface area contributed by atoms with E-state index in [1.165, 1.54) is 12.1 Å². The Bertz CT molecular complexity index is 548. The van der Waals surface area contributed by atoms with Crippen LogP contribution in [-0.2, 0) is 6.42 Å². The first-order valence-corrected chi connectivity index (χ1v) is 4.88. The zero-order chi connectivity index (χ0) is 12.4. The third-order valence-corrected chi connectivity index (χ3v) is 2.38. The number of hydrogen-bond acceptors (Lipinski definition) is 3. The van der Waals surface area contributed by atoms with E-state index in [4.69, 9.17) is 10.8 Å². The summed E-state index contributed by atoms with van der Waals surface area (Å²) in [5.41, 5.74) is 6.58. The Balaban J connectivity index is 2.30. The van der Waals surface area contributed by atoms with Gasteiger partial charge in [-0.2, -0.15) is 5.10 Å². The fraction of sp³-hybridized carbons (Fsp3) is 0.0909. The molecule has 0 amide bonds. The van der Waals surface area contributed by atoms with Crippen LogP contribution in [0.15, 0.2) is 24.3 Å². The van der Waals surface area contributed by atoms with Crippen LogP contribution in [0.2, 0.25) is 0 Å². The highest BCUT2D eigenvalue weighted by atomic mass is 19.1. The molecule has 17 heavy (non-hydrogen) atoms. The van der Waals surface area contributed by atoms with Gasteiger partial charge in [-0.25, -0.2) is 9.18 Å². The lowest BCUT2D eigenvalue weighted by molar-refractivity contribution is 0.0697. The molecule has 0 aliphatic rings. The molecular formula is C11H10FN3O2. The lowest BCUT2D eigenvalue weighted by Crippen LogP contribution is -2.04. The number of carboxylic acids is 1. The van der Waals surface area contributed by atoms with Gasteiger partial charge in [0.05, 0.1) is 5.69 Å². The molecule has 0 spiro atoms. The number of carbonyl (C=O) groups is 1. The number of aromatic amines is 1. The Morgan fingerprint density at radius 2 is 2.06 bits per heavy atom. The number of rotatable bonds is 3. The number of nitrogens with one attached hydrogen (secondary N) is 1. The second kappa shape index (κ2) is 4.25. The minimum absolute atomic E-state index is 0.0330. The second-order valence-electron chi connectivity index (χ2n) is 3.57. The van der Waals surface area contributed by atoms with E-state index in [2.05, 4.69) is 10.2 Å². The first-order valence-electron chi connectivity index (χ1n) is 4.88. The summed E-state index contributed by atoms with van der Waals surface area (Å²) in [4.78, 5) is 10.9. The van der Waals surface area contributed by atoms with Crippen LogP contribution < -0.4 is 5.73 Å². The van der Waals surface area contributed by atoms with E-state index in [-0.39, 0.29) is 17.2 Å². The fourth-order valence-electron chi connectivity index (χ4n) is 1.57. The number of anilines is 1. The number of halogens is 1. The number of hydrogen-bond donors (Lipinski definition) is 3. The van der Waals surface area contributed by atoms with Gasteiger partial charge in [-0.05, 0) is 17.7 Å². The topological polar surface area (TPSA) is 92.0 Å². The monoisotopic (exact) mass is 235 g/mol. The van der Waals surface area contributed by atoms with E-state index in [9.17, 15) is 9.18 Å². The number of carboxylic acid groups (broad SMARTS) is 1. The molecular weight excluding hydrogens is 225 g/mol. The molecule has 0 atom stereocenters. The first-order chi connectivity index (χ1) is 8.08. The predicted molar refractivity (Wildman–Crippen MR) is 59.2 cm³/mol. The van der Waals surface area contributed by atoms with Gasteiger partial charge in [0.15, 0.2) is 5.82 Å². The van der Waals surface area contributed by atoms with Crippen LogP contribution in [0.3, 0.4) is 0 Å². The highest BCUT2D eigenvalue weighted by Gasteiger charge is 2.17. The van der Waals surface area contributed by atoms with E-state index in [0.717, 1.165) is 5.56 Å². The fourth-order valence-corrected chi connectivity index (χ4v) is 1.57. The van der Waals surface area contributed by atoms with E-state index in [1.807, 2.05) is 0 Å². The summed E-state index contributed by atoms with van der Waals surface area (Å²) in [6, 6.07) is 5.79. The van der Waals surface area contributed by atoms with Crippen molar-refractivity contribution in [3.63, 3.8) is 0 Å². The quantitative estimate of drug-likeness (QED) is 0.750. The van der Waals surface area contributed by atoms with Crippen LogP contribution in [-0.4, -0.2) is 21.3 Å². The Morgan fingerprint density at radius 1 is 1.41 bits per heavy atom. The van der Waals surface area contributed by atoms with Crippen molar-refractivity contribution < 1.29 is 14.3 Å². The highest BCUT2D eigenvalue weighted by molar-refractivity contribution is 5.94. The summed E-state index contributed by atoms with van der Waals surface area (Å²) in [5, 5.41) is 15.2. The van der Waals surface area contributed by atoms with Gasteiger partial charge in [0.25, 0.3) is 0 Å². The molecule has 0 aliphatic carbocycles. The van der Waals surface area contributed by atoms with Crippen molar-refractivity contribution in [2.24, 2.45) is 0 Å². The lowest BCUT2D eigenvalue weighted by atomic mass is 10.1. The highest BCUT2D eigenvalue weighted by Crippen LogP contribution is 2.17. The molecule has 2 rings (SSSR count). The molecule has 88 valence electrons. The average Bonchev–Trinajstić information content (AvgIpc) is 2.63. The normalized spacial score (nSPS) is 10.4. The molecule has 5 nitrogen and oxygen atoms in total. The third-order valence-electron chi connectivity index (χ3n) is 2.38. The largest absolute Gasteiger partial charge is 0.477 e. The summed E-state index contributed by atoms with van der Waals surface area (Å²) in [6.45, 7) is 0. The Labute approximate surface area is 96.1 Å². The van der Waals surface area contributed by atoms with Gasteiger partial charge >= 0.3 is 5.97 Å². The third kappa shape index (κ3) is 2.25. The average molecular weight is 235 g/mol. The molecule has 1 aromatic carbocycles. The van der Waals surface area contributed by atoms with Crippen LogP contribution in [0.1, 0.15) is 21.6 Å². The van der Waals surface area contributed by atoms with Crippen LogP contribution in [0.25, 0.3) is 0 Å². The van der Waals surface area contributed by atoms with E-state index in [0.29, 0.717) is 12.1 Å². The maximum absolute atomic E-state index is 12.7. The van der Waals surface area contributed by atoms with Crippen LogP contribution >= 0.6 is 0 Å². The van der Waals surface area contributed by atoms with Gasteiger partial charge in [-0.15, -0.1) is 0 Å². The number of nitrogen functional groups attached to an aromatic ring is 1. The molecule has 2 aromatic rings. The molecule has 6 heteroatoms. The Kier molecular flexibility index (Phi) is 2.78. The van der Waals surface area contributed by atoms with Crippen LogP contribution in [0, 0.1) is 5.82 Å². The summed E-state index contributed by atoms with van der Waals surface area (Å²) < 4.78 is 12.7. The smallest absolute Gasteiger partial charge is 0.341 e. The second-order valence-corrected chi connectivity index (χ2v) is 3.57. The number of H-pyrrole nitrogens is 1. The Hall–Kier alpha value is -2.37. The lowest BCUT2D eigenvalue weighted by Gasteiger charge is -2.00. The minimum Gasteiger partial charge on any atom is -0.477 e. The molecule has 0 unspecified atom stereocenters. The van der Waals surface area contributed by atoms with Crippen molar-refractivity contribution in [2.45, 2.75) is 6.42 Å². The number of nitrogens with two attached hydrogens (primary N) is 1. The van der Waals surface area contributed by atoms with Crippen molar-refractivity contribution in [2.75, 3.05) is 5.73 Å². The van der Waals surface area contributed by atoms with Crippen molar-refractivity contribution in [3.05, 3.63) is 46.9 Å². The molecule has 0 fully saturated rings. The van der Waals surface area contributed by atoms with Gasteiger partial charge < -0.3 is 10.8 Å². The molecule has 0 radical (unpaired) electrons. The maximum atomic E-state index is 12.7. The van der Waals surface area contributed by atoms with Gasteiger partial charge in [0, 0.05) is 6.42 Å². The van der Waals surface area contributed by atoms with Gasteiger partial charge in [-0.1, -0.05) is 12.1 Å². The molecule has 4 N–H and O–H groups in total. The van der Waals surface area contributed by atoms with Gasteiger partial charge in [0.2, 0.25) is 0 Å². The summed E-state index contributed by atoms with van der Waals surface area (Å²) in [7, 11) is 0. The molecule has 1 aromatic heterocycles. The van der Waals surface area contributed by atoms with Gasteiger partial charge in [0.1, 0.15) is 11.4 Å². The van der Waals surface area contributed by atoms with Crippen molar-refractivity contribution >= 4 is 11.8 Å². The Morgan fingerprint density at radius 3 is 2.65 bits per heavy atom. The zero-order valence-corrected chi connectivity index (χ0v) is 8.77. The van der Waals surface area contributed by atoms with Crippen molar-refractivity contribution in [3.8, 4) is 0 Å². The predicted octanol–water partition coefficient (Wildman–Crippen LogP) is 1.42. The molecule has 0 aliphatic heterocycles. The molecule has 0 saturated carbocycles. The summed E-state index contributed by atoms with van der Waals surface area (Å²) in [5.74, 6) is -1.51. The standard InChI is InChI=1S/C11H10FN3O2/c12-7-3-1-6(2-4-7)5-8-9(11(16)17)10(13)15-14-8/h1-4H,5H2,(H,16,17)(H3,13,14,15). The minimum atomic E-state index is -1.13. The SMILES string of the molecule is Nc1n[nH]c(Cc2ccc(F)cc2)c1C(=O)O. The van der Waals surface area contributed by atoms with Crippen molar-refractivity contribution in [1.29, 1.82) is 0 Å². The van der Waals surface area contributed by atoms with E-state index < -0.39 is 5.97 Å². The van der Waals surface area contributed by atoms with Crippen LogP contribution in [0.4, 0.5) is 10.2 Å². The van der Waals surface area contributed by atoms with Crippen molar-refractivity contribution in [1.82, 2.24) is 10.2 Å². The van der Waals surface area contributed by atoms with E-state index in [1.54, 1.807) is 12.1 Å². The summed E-state index contributed by atoms with van der Waals surface area (Å²) >= 11 is 0. The molecule has 0 saturated heterocycles. The number of aromatic carboxylic acids is 1. The summed E-state index contributed by atoms with van der Waals surface area (Å²) in [6.07, 6.45) is 0.312. The zero-order valence-electron chi connectivity index (χ0n) is 8.77. The number of aromatic nitrogens is 2. The van der Waals surface area contributed by atoms with Gasteiger partial charge in [-0.3, -0.25) is 5.10 Å². The number of nitrogens with zero attached hydrogens (tertiary/aromatic N) is 1.